The summed E-state index contributed by atoms with van der Waals surface area (Å²) in [4.78, 5) is 17.2. The van der Waals surface area contributed by atoms with Crippen LogP contribution < -0.4 is 10.6 Å². The van der Waals surface area contributed by atoms with E-state index in [4.69, 9.17) is 5.11 Å². The Labute approximate surface area is 131 Å². The van der Waals surface area contributed by atoms with Gasteiger partial charge in [0.25, 0.3) is 0 Å². The molecule has 1 aromatic heterocycles. The lowest BCUT2D eigenvalue weighted by Gasteiger charge is -2.12. The van der Waals surface area contributed by atoms with Gasteiger partial charge in [0.05, 0.1) is 5.69 Å². The highest BCUT2D eigenvalue weighted by atomic mass is 19.4. The second-order valence-corrected chi connectivity index (χ2v) is 4.46. The van der Waals surface area contributed by atoms with E-state index in [0.29, 0.717) is 6.07 Å². The minimum atomic E-state index is -4.85. The van der Waals surface area contributed by atoms with Crippen LogP contribution in [0.3, 0.4) is 0 Å². The number of nitrogens with zero attached hydrogens (tertiary/aromatic N) is 2. The van der Waals surface area contributed by atoms with E-state index < -0.39 is 53.5 Å². The molecule has 0 aliphatic rings. The Kier molecular flexibility index (Phi) is 4.81. The van der Waals surface area contributed by atoms with E-state index >= 15 is 0 Å². The van der Waals surface area contributed by atoms with Crippen LogP contribution in [0.25, 0.3) is 0 Å². The summed E-state index contributed by atoms with van der Waals surface area (Å²) in [6, 6.07) is 2.83. The average molecular weight is 348 g/mol. The van der Waals surface area contributed by atoms with Crippen LogP contribution in [-0.2, 0) is 11.0 Å². The molecule has 0 fully saturated rings. The van der Waals surface area contributed by atoms with Gasteiger partial charge in [0.2, 0.25) is 5.95 Å². The molecule has 24 heavy (non-hydrogen) atoms. The zero-order chi connectivity index (χ0) is 17.9. The average Bonchev–Trinajstić information content (AvgIpc) is 2.48. The molecular weight excluding hydrogens is 339 g/mol. The number of nitrogens with one attached hydrogen (secondary N) is 2. The van der Waals surface area contributed by atoms with Crippen molar-refractivity contribution in [2.24, 2.45) is 0 Å². The number of rotatable bonds is 5. The Morgan fingerprint density at radius 1 is 1.17 bits per heavy atom. The van der Waals surface area contributed by atoms with Gasteiger partial charge in [0.15, 0.2) is 5.69 Å². The maximum atomic E-state index is 13.6. The number of carbonyl (C=O) groups is 1. The normalized spacial score (nSPS) is 11.2. The van der Waals surface area contributed by atoms with Gasteiger partial charge >= 0.3 is 12.1 Å². The lowest BCUT2D eigenvalue weighted by molar-refractivity contribution is -0.141. The Morgan fingerprint density at radius 2 is 1.88 bits per heavy atom. The van der Waals surface area contributed by atoms with Crippen molar-refractivity contribution in [3.63, 3.8) is 0 Å². The maximum Gasteiger partial charge on any atom is 0.433 e. The van der Waals surface area contributed by atoms with Crippen molar-refractivity contribution in [2.75, 3.05) is 17.2 Å². The van der Waals surface area contributed by atoms with Crippen LogP contribution in [0.2, 0.25) is 0 Å². The van der Waals surface area contributed by atoms with E-state index in [-0.39, 0.29) is 0 Å². The maximum absolute atomic E-state index is 13.6. The summed E-state index contributed by atoms with van der Waals surface area (Å²) >= 11 is 0. The second kappa shape index (κ2) is 6.64. The number of alkyl halides is 3. The summed E-state index contributed by atoms with van der Waals surface area (Å²) in [5, 5.41) is 12.8. The summed E-state index contributed by atoms with van der Waals surface area (Å²) in [6.45, 7) is -0.727. The molecule has 0 unspecified atom stereocenters. The van der Waals surface area contributed by atoms with Crippen molar-refractivity contribution in [1.82, 2.24) is 9.97 Å². The number of hydrogen-bond donors (Lipinski definition) is 3. The lowest BCUT2D eigenvalue weighted by atomic mass is 10.3. The SMILES string of the molecule is O=C(O)CNc1nc(Nc2cc(F)ccc2F)cc(C(F)(F)F)n1. The van der Waals surface area contributed by atoms with E-state index in [1.165, 1.54) is 0 Å². The van der Waals surface area contributed by atoms with Crippen LogP contribution in [0.4, 0.5) is 39.4 Å². The second-order valence-electron chi connectivity index (χ2n) is 4.46. The smallest absolute Gasteiger partial charge is 0.433 e. The number of aromatic nitrogens is 2. The first-order chi connectivity index (χ1) is 11.1. The van der Waals surface area contributed by atoms with Gasteiger partial charge in [-0.05, 0) is 12.1 Å². The first-order valence-electron chi connectivity index (χ1n) is 6.29. The molecule has 0 saturated carbocycles. The standard InChI is InChI=1S/C13H9F5N4O2/c14-6-1-2-7(15)8(3-6)20-10-4-9(13(16,17)18)21-12(22-10)19-5-11(23)24/h1-4H,5H2,(H,23,24)(H2,19,20,21,22). The zero-order valence-corrected chi connectivity index (χ0v) is 11.7. The fourth-order valence-electron chi connectivity index (χ4n) is 1.62. The van der Waals surface area contributed by atoms with Gasteiger partial charge in [-0.25, -0.2) is 13.8 Å². The molecule has 0 bridgehead atoms. The Bertz CT molecular complexity index is 767. The van der Waals surface area contributed by atoms with Gasteiger partial charge in [0, 0.05) is 12.1 Å². The third-order valence-electron chi connectivity index (χ3n) is 2.61. The molecule has 2 aromatic rings. The van der Waals surface area contributed by atoms with E-state index in [9.17, 15) is 26.7 Å². The van der Waals surface area contributed by atoms with Gasteiger partial charge in [-0.1, -0.05) is 0 Å². The third kappa shape index (κ3) is 4.51. The highest BCUT2D eigenvalue weighted by molar-refractivity contribution is 5.72. The van der Waals surface area contributed by atoms with Crippen LogP contribution in [0.5, 0.6) is 0 Å². The van der Waals surface area contributed by atoms with Crippen molar-refractivity contribution in [3.8, 4) is 0 Å². The Morgan fingerprint density at radius 3 is 2.50 bits per heavy atom. The monoisotopic (exact) mass is 348 g/mol. The number of anilines is 3. The van der Waals surface area contributed by atoms with E-state index in [0.717, 1.165) is 18.2 Å². The van der Waals surface area contributed by atoms with Gasteiger partial charge < -0.3 is 15.7 Å². The predicted molar refractivity (Wildman–Crippen MR) is 72.8 cm³/mol. The topological polar surface area (TPSA) is 87.1 Å². The van der Waals surface area contributed by atoms with Crippen molar-refractivity contribution < 1.29 is 31.9 Å². The van der Waals surface area contributed by atoms with Crippen LogP contribution in [0.15, 0.2) is 24.3 Å². The van der Waals surface area contributed by atoms with Crippen LogP contribution >= 0.6 is 0 Å². The van der Waals surface area contributed by atoms with E-state index in [1.807, 2.05) is 0 Å². The molecule has 0 radical (unpaired) electrons. The molecule has 1 heterocycles. The number of carboxylic acid groups (broad SMARTS) is 1. The highest BCUT2D eigenvalue weighted by Crippen LogP contribution is 2.30. The lowest BCUT2D eigenvalue weighted by Crippen LogP contribution is -2.17. The molecule has 0 amide bonds. The number of benzene rings is 1. The number of aliphatic carboxylic acids is 1. The van der Waals surface area contributed by atoms with Crippen LogP contribution in [0.1, 0.15) is 5.69 Å². The molecule has 3 N–H and O–H groups in total. The van der Waals surface area contributed by atoms with Crippen molar-refractivity contribution in [2.45, 2.75) is 6.18 Å². The molecule has 11 heteroatoms. The molecule has 0 saturated heterocycles. The summed E-state index contributed by atoms with van der Waals surface area (Å²) in [7, 11) is 0. The summed E-state index contributed by atoms with van der Waals surface area (Å²) in [5.41, 5.74) is -1.82. The van der Waals surface area contributed by atoms with Crippen molar-refractivity contribution in [3.05, 3.63) is 41.6 Å². The van der Waals surface area contributed by atoms with Crippen molar-refractivity contribution in [1.29, 1.82) is 0 Å². The fourth-order valence-corrected chi connectivity index (χ4v) is 1.62. The van der Waals surface area contributed by atoms with Crippen LogP contribution in [0, 0.1) is 11.6 Å². The highest BCUT2D eigenvalue weighted by Gasteiger charge is 2.34. The summed E-state index contributed by atoms with van der Waals surface area (Å²) < 4.78 is 65.2. The quantitative estimate of drug-likeness (QED) is 0.720. The Hall–Kier alpha value is -2.98. The summed E-state index contributed by atoms with van der Waals surface area (Å²) in [5.74, 6) is -4.19. The zero-order valence-electron chi connectivity index (χ0n) is 11.7. The van der Waals surface area contributed by atoms with Gasteiger partial charge in [-0.15, -0.1) is 0 Å². The number of halogens is 5. The summed E-state index contributed by atoms with van der Waals surface area (Å²) in [6.07, 6.45) is -4.85. The predicted octanol–water partition coefficient (Wildman–Crippen LogP) is 3.01. The minimum Gasteiger partial charge on any atom is -0.480 e. The molecule has 1 aromatic carbocycles. The Balaban J connectivity index is 2.38. The van der Waals surface area contributed by atoms with Crippen LogP contribution in [-0.4, -0.2) is 27.6 Å². The van der Waals surface area contributed by atoms with Gasteiger partial charge in [-0.2, -0.15) is 18.2 Å². The molecule has 0 aliphatic carbocycles. The first-order valence-corrected chi connectivity index (χ1v) is 6.29. The molecule has 6 nitrogen and oxygen atoms in total. The minimum absolute atomic E-state index is 0.439. The fraction of sp³-hybridized carbons (Fsp3) is 0.154. The first kappa shape index (κ1) is 17.4. The largest absolute Gasteiger partial charge is 0.480 e. The molecule has 2 rings (SSSR count). The van der Waals surface area contributed by atoms with Gasteiger partial charge in [0.1, 0.15) is 24.0 Å². The van der Waals surface area contributed by atoms with Gasteiger partial charge in [-0.3, -0.25) is 4.79 Å². The van der Waals surface area contributed by atoms with E-state index in [2.05, 4.69) is 20.6 Å². The number of carboxylic acids is 1. The van der Waals surface area contributed by atoms with Crippen molar-refractivity contribution >= 4 is 23.4 Å². The molecule has 0 aliphatic heterocycles. The molecular formula is C13H9F5N4O2. The molecule has 128 valence electrons. The molecule has 0 spiro atoms. The molecule has 0 atom stereocenters. The van der Waals surface area contributed by atoms with E-state index in [1.54, 1.807) is 0 Å². The third-order valence-corrected chi connectivity index (χ3v) is 2.61. The number of hydrogen-bond acceptors (Lipinski definition) is 5.